The third-order valence-electron chi connectivity index (χ3n) is 8.52. The van der Waals surface area contributed by atoms with Gasteiger partial charge in [0, 0.05) is 18.4 Å². The van der Waals surface area contributed by atoms with Crippen molar-refractivity contribution < 1.29 is 37.8 Å². The van der Waals surface area contributed by atoms with E-state index in [1.165, 1.54) is 17.5 Å². The second kappa shape index (κ2) is 13.2. The summed E-state index contributed by atoms with van der Waals surface area (Å²) in [5.41, 5.74) is -0.890. The van der Waals surface area contributed by atoms with E-state index in [9.17, 15) is 19.2 Å². The largest absolute Gasteiger partial charge is 0.467 e. The molecule has 0 saturated carbocycles. The predicted molar refractivity (Wildman–Crippen MR) is 168 cm³/mol. The standard InChI is InChI=1S/C34H45NO8Si/c1-33(2,3)43-32(39)35-29(31(38)40-7)26-21-27(36)41-22-23(28(26)30(35)37)15-14-20-42-44(34(4,5)6,24-16-10-8-11-17-24)25-18-12-9-13-19-25/h8-13,16-19,23,26,28-29H,14-15,20-22H2,1-7H3/t23-,26-,28+,29-/m0/s1. The topological polar surface area (TPSA) is 108 Å². The van der Waals surface area contributed by atoms with Crippen LogP contribution in [0.2, 0.25) is 5.04 Å². The lowest BCUT2D eigenvalue weighted by molar-refractivity contribution is -0.151. The molecule has 0 aliphatic carbocycles. The molecule has 2 aromatic carbocycles. The van der Waals surface area contributed by atoms with E-state index in [-0.39, 0.29) is 18.1 Å². The zero-order valence-corrected chi connectivity index (χ0v) is 27.8. The van der Waals surface area contributed by atoms with Gasteiger partial charge in [-0.1, -0.05) is 81.4 Å². The molecule has 4 atom stereocenters. The monoisotopic (exact) mass is 623 g/mol. The summed E-state index contributed by atoms with van der Waals surface area (Å²) in [5.74, 6) is -3.80. The fourth-order valence-corrected chi connectivity index (χ4v) is 11.3. The van der Waals surface area contributed by atoms with Crippen molar-refractivity contribution in [3.63, 3.8) is 0 Å². The van der Waals surface area contributed by atoms with Crippen LogP contribution in [0.15, 0.2) is 60.7 Å². The van der Waals surface area contributed by atoms with Crippen LogP contribution in [0, 0.1) is 17.8 Å². The Balaban J connectivity index is 1.60. The lowest BCUT2D eigenvalue weighted by Crippen LogP contribution is -2.66. The average Bonchev–Trinajstić information content (AvgIpc) is 3.13. The predicted octanol–water partition coefficient (Wildman–Crippen LogP) is 4.46. The van der Waals surface area contributed by atoms with Crippen molar-refractivity contribution >= 4 is 42.6 Å². The molecule has 2 saturated heterocycles. The molecule has 0 bridgehead atoms. The van der Waals surface area contributed by atoms with E-state index in [0.29, 0.717) is 19.4 Å². The highest BCUT2D eigenvalue weighted by Gasteiger charge is 2.59. The molecular formula is C34H45NO8Si. The highest BCUT2D eigenvalue weighted by atomic mass is 28.4. The van der Waals surface area contributed by atoms with Gasteiger partial charge in [0.15, 0.2) is 0 Å². The van der Waals surface area contributed by atoms with Crippen molar-refractivity contribution in [2.45, 2.75) is 77.5 Å². The number of benzene rings is 2. The van der Waals surface area contributed by atoms with Gasteiger partial charge >= 0.3 is 18.0 Å². The summed E-state index contributed by atoms with van der Waals surface area (Å²) in [6, 6.07) is 19.4. The molecular weight excluding hydrogens is 578 g/mol. The van der Waals surface area contributed by atoms with Crippen LogP contribution >= 0.6 is 0 Å². The number of hydrogen-bond donors (Lipinski definition) is 0. The minimum absolute atomic E-state index is 0.0149. The summed E-state index contributed by atoms with van der Waals surface area (Å²) < 4.78 is 23.0. The fraction of sp³-hybridized carbons (Fsp3) is 0.529. The number of amides is 2. The molecule has 0 radical (unpaired) electrons. The van der Waals surface area contributed by atoms with E-state index in [2.05, 4.69) is 45.0 Å². The van der Waals surface area contributed by atoms with Gasteiger partial charge in [-0.15, -0.1) is 0 Å². The van der Waals surface area contributed by atoms with Gasteiger partial charge in [0.2, 0.25) is 5.91 Å². The molecule has 9 nitrogen and oxygen atoms in total. The Morgan fingerprint density at radius 1 is 0.932 bits per heavy atom. The van der Waals surface area contributed by atoms with Crippen LogP contribution in [-0.2, 0) is 33.0 Å². The number of imide groups is 1. The van der Waals surface area contributed by atoms with Crippen LogP contribution < -0.4 is 10.4 Å². The highest BCUT2D eigenvalue weighted by Crippen LogP contribution is 2.43. The van der Waals surface area contributed by atoms with Crippen molar-refractivity contribution in [2.75, 3.05) is 20.3 Å². The second-order valence-corrected chi connectivity index (χ2v) is 18.0. The van der Waals surface area contributed by atoms with Crippen molar-refractivity contribution in [3.05, 3.63) is 60.7 Å². The number of ether oxygens (including phenoxy) is 3. The van der Waals surface area contributed by atoms with E-state index in [1.807, 2.05) is 36.4 Å². The van der Waals surface area contributed by atoms with Crippen molar-refractivity contribution in [2.24, 2.45) is 17.8 Å². The minimum atomic E-state index is -2.76. The molecule has 2 fully saturated rings. The first-order valence-electron chi connectivity index (χ1n) is 15.3. The molecule has 2 aromatic rings. The Kier molecular flexibility index (Phi) is 10.0. The Bertz CT molecular complexity index is 1300. The molecule has 2 aliphatic heterocycles. The van der Waals surface area contributed by atoms with Gasteiger partial charge in [0.25, 0.3) is 8.32 Å². The van der Waals surface area contributed by atoms with Gasteiger partial charge in [-0.25, -0.2) is 14.5 Å². The van der Waals surface area contributed by atoms with Crippen LogP contribution in [-0.4, -0.2) is 69.1 Å². The van der Waals surface area contributed by atoms with E-state index >= 15 is 0 Å². The molecule has 2 heterocycles. The Morgan fingerprint density at radius 2 is 1.50 bits per heavy atom. The van der Waals surface area contributed by atoms with E-state index in [0.717, 1.165) is 4.90 Å². The summed E-state index contributed by atoms with van der Waals surface area (Å²) in [4.78, 5) is 53.6. The number of rotatable bonds is 8. The maximum atomic E-state index is 13.9. The second-order valence-electron chi connectivity index (χ2n) is 13.6. The van der Waals surface area contributed by atoms with Crippen molar-refractivity contribution in [1.29, 1.82) is 0 Å². The van der Waals surface area contributed by atoms with E-state index in [1.54, 1.807) is 20.8 Å². The fourth-order valence-electron chi connectivity index (χ4n) is 6.72. The van der Waals surface area contributed by atoms with Gasteiger partial charge in [-0.3, -0.25) is 9.59 Å². The first-order chi connectivity index (χ1) is 20.7. The Hall–Kier alpha value is -3.50. The van der Waals surface area contributed by atoms with Crippen LogP contribution in [0.5, 0.6) is 0 Å². The lowest BCUT2D eigenvalue weighted by atomic mass is 9.78. The van der Waals surface area contributed by atoms with Crippen molar-refractivity contribution in [3.8, 4) is 0 Å². The number of carbonyl (C=O) groups is 4. The summed E-state index contributed by atoms with van der Waals surface area (Å²) >= 11 is 0. The quantitative estimate of drug-likeness (QED) is 0.184. The Morgan fingerprint density at radius 3 is 2.00 bits per heavy atom. The SMILES string of the molecule is COC(=O)[C@@H]1[C@H]2CC(=O)OC[C@H](CCCO[Si](c3ccccc3)(c3ccccc3)C(C)(C)C)[C@H]2C(=O)N1C(=O)OC(C)(C)C. The van der Waals surface area contributed by atoms with Gasteiger partial charge < -0.3 is 18.6 Å². The molecule has 44 heavy (non-hydrogen) atoms. The van der Waals surface area contributed by atoms with Gasteiger partial charge in [-0.2, -0.15) is 0 Å². The lowest BCUT2D eigenvalue weighted by Gasteiger charge is -2.43. The van der Waals surface area contributed by atoms with Gasteiger partial charge in [0.1, 0.15) is 11.6 Å². The number of cyclic esters (lactones) is 1. The summed E-state index contributed by atoms with van der Waals surface area (Å²) in [5, 5.41) is 2.14. The van der Waals surface area contributed by atoms with Crippen LogP contribution in [0.25, 0.3) is 0 Å². The average molecular weight is 624 g/mol. The molecule has 2 amide bonds. The molecule has 238 valence electrons. The normalized spacial score (nSPS) is 22.6. The van der Waals surface area contributed by atoms with Crippen LogP contribution in [0.3, 0.4) is 0 Å². The maximum absolute atomic E-state index is 13.9. The summed E-state index contributed by atoms with van der Waals surface area (Å²) in [6.45, 7) is 12.1. The number of nitrogens with zero attached hydrogens (tertiary/aromatic N) is 1. The Labute approximate surface area is 261 Å². The number of carbonyl (C=O) groups excluding carboxylic acids is 4. The number of hydrogen-bond acceptors (Lipinski definition) is 8. The molecule has 4 rings (SSSR count). The van der Waals surface area contributed by atoms with E-state index in [4.69, 9.17) is 18.6 Å². The third kappa shape index (κ3) is 6.76. The molecule has 2 aliphatic rings. The number of fused-ring (bicyclic) bond motifs is 1. The molecule has 10 heteroatoms. The molecule has 0 unspecified atom stereocenters. The highest BCUT2D eigenvalue weighted by molar-refractivity contribution is 6.99. The van der Waals surface area contributed by atoms with Gasteiger partial charge in [0.05, 0.1) is 26.1 Å². The first kappa shape index (κ1) is 33.4. The molecule has 0 aromatic heterocycles. The number of methoxy groups -OCH3 is 1. The van der Waals surface area contributed by atoms with E-state index < -0.39 is 61.7 Å². The molecule has 0 spiro atoms. The summed E-state index contributed by atoms with van der Waals surface area (Å²) in [7, 11) is -1.56. The zero-order chi connectivity index (χ0) is 32.3. The third-order valence-corrected chi connectivity index (χ3v) is 13.6. The molecule has 0 N–H and O–H groups in total. The van der Waals surface area contributed by atoms with Crippen LogP contribution in [0.4, 0.5) is 4.79 Å². The smallest absolute Gasteiger partial charge is 0.417 e. The minimum Gasteiger partial charge on any atom is -0.467 e. The van der Waals surface area contributed by atoms with Crippen molar-refractivity contribution in [1.82, 2.24) is 4.90 Å². The van der Waals surface area contributed by atoms with Gasteiger partial charge in [-0.05, 0) is 49.0 Å². The first-order valence-corrected chi connectivity index (χ1v) is 17.2. The summed E-state index contributed by atoms with van der Waals surface area (Å²) in [6.07, 6.45) is -0.0227. The van der Waals surface area contributed by atoms with Crippen LogP contribution in [0.1, 0.15) is 60.8 Å². The zero-order valence-electron chi connectivity index (χ0n) is 26.8. The maximum Gasteiger partial charge on any atom is 0.417 e. The number of likely N-dealkylation sites (tertiary alicyclic amines) is 1. The number of esters is 2.